The van der Waals surface area contributed by atoms with Gasteiger partial charge in [0.2, 0.25) is 0 Å². The Morgan fingerprint density at radius 2 is 2.12 bits per heavy atom. The number of allylic oxidation sites excluding steroid dienone is 5. The van der Waals surface area contributed by atoms with Gasteiger partial charge >= 0.3 is 0 Å². The standard InChI is InChI=1S/C13H19N3/c14-9-5-3-1-2-4-6-10-16-11-7-8-13(15)12-16/h1-6,13H,7-8,10-12,15H2. The first-order valence-corrected chi connectivity index (χ1v) is 5.69. The van der Waals surface area contributed by atoms with Gasteiger partial charge < -0.3 is 5.73 Å². The number of rotatable bonds is 4. The van der Waals surface area contributed by atoms with Crippen LogP contribution in [0.25, 0.3) is 0 Å². The van der Waals surface area contributed by atoms with Crippen LogP contribution in [0.3, 0.4) is 0 Å². The van der Waals surface area contributed by atoms with Crippen molar-refractivity contribution in [1.29, 1.82) is 5.26 Å². The summed E-state index contributed by atoms with van der Waals surface area (Å²) in [6.45, 7) is 3.11. The molecule has 0 bridgehead atoms. The fourth-order valence-electron chi connectivity index (χ4n) is 1.77. The molecule has 3 heteroatoms. The normalized spacial score (nSPS) is 23.4. The summed E-state index contributed by atoms with van der Waals surface area (Å²) in [4.78, 5) is 2.36. The minimum Gasteiger partial charge on any atom is -0.327 e. The quantitative estimate of drug-likeness (QED) is 0.575. The van der Waals surface area contributed by atoms with Gasteiger partial charge in [-0.05, 0) is 19.4 Å². The molecule has 0 aromatic rings. The lowest BCUT2D eigenvalue weighted by Crippen LogP contribution is -2.42. The van der Waals surface area contributed by atoms with E-state index in [4.69, 9.17) is 11.0 Å². The van der Waals surface area contributed by atoms with Gasteiger partial charge in [-0.1, -0.05) is 30.4 Å². The fourth-order valence-corrected chi connectivity index (χ4v) is 1.77. The molecule has 1 saturated heterocycles. The topological polar surface area (TPSA) is 53.0 Å². The van der Waals surface area contributed by atoms with Gasteiger partial charge in [-0.3, -0.25) is 4.90 Å². The molecule has 1 rings (SSSR count). The molecule has 3 nitrogen and oxygen atoms in total. The third-order valence-corrected chi connectivity index (χ3v) is 2.55. The molecule has 1 fully saturated rings. The van der Waals surface area contributed by atoms with E-state index in [1.165, 1.54) is 12.5 Å². The third kappa shape index (κ3) is 5.50. The maximum Gasteiger partial charge on any atom is 0.0912 e. The highest BCUT2D eigenvalue weighted by atomic mass is 15.1. The van der Waals surface area contributed by atoms with Crippen molar-refractivity contribution in [2.45, 2.75) is 18.9 Å². The number of nitrogens with zero attached hydrogens (tertiary/aromatic N) is 2. The molecule has 0 aliphatic carbocycles. The van der Waals surface area contributed by atoms with Crippen LogP contribution in [-0.4, -0.2) is 30.6 Å². The monoisotopic (exact) mass is 217 g/mol. The van der Waals surface area contributed by atoms with Gasteiger partial charge in [-0.25, -0.2) is 0 Å². The second-order valence-corrected chi connectivity index (χ2v) is 3.96. The summed E-state index contributed by atoms with van der Waals surface area (Å²) in [6, 6.07) is 2.28. The lowest BCUT2D eigenvalue weighted by atomic mass is 10.1. The predicted molar refractivity (Wildman–Crippen MR) is 66.7 cm³/mol. The average molecular weight is 217 g/mol. The van der Waals surface area contributed by atoms with Crippen molar-refractivity contribution in [2.24, 2.45) is 5.73 Å². The molecule has 0 radical (unpaired) electrons. The highest BCUT2D eigenvalue weighted by molar-refractivity contribution is 5.15. The van der Waals surface area contributed by atoms with Crippen LogP contribution in [0.2, 0.25) is 0 Å². The summed E-state index contributed by atoms with van der Waals surface area (Å²) in [6.07, 6.45) is 13.4. The Hall–Kier alpha value is -1.37. The molecule has 1 atom stereocenters. The van der Waals surface area contributed by atoms with Crippen LogP contribution in [0.5, 0.6) is 0 Å². The lowest BCUT2D eigenvalue weighted by Gasteiger charge is -2.29. The molecule has 2 N–H and O–H groups in total. The largest absolute Gasteiger partial charge is 0.327 e. The van der Waals surface area contributed by atoms with Crippen LogP contribution < -0.4 is 5.73 Å². The maximum atomic E-state index is 8.26. The van der Waals surface area contributed by atoms with Gasteiger partial charge in [0.15, 0.2) is 0 Å². The van der Waals surface area contributed by atoms with Crippen LogP contribution >= 0.6 is 0 Å². The minimum absolute atomic E-state index is 0.344. The number of nitriles is 1. The van der Waals surface area contributed by atoms with E-state index in [1.54, 1.807) is 6.08 Å². The first kappa shape index (κ1) is 12.7. The van der Waals surface area contributed by atoms with Gasteiger partial charge in [0, 0.05) is 25.2 Å². The Morgan fingerprint density at radius 3 is 2.88 bits per heavy atom. The Morgan fingerprint density at radius 1 is 1.31 bits per heavy atom. The summed E-state index contributed by atoms with van der Waals surface area (Å²) in [5.74, 6) is 0. The van der Waals surface area contributed by atoms with E-state index in [-0.39, 0.29) is 0 Å². The van der Waals surface area contributed by atoms with Gasteiger partial charge in [0.25, 0.3) is 0 Å². The van der Waals surface area contributed by atoms with Gasteiger partial charge in [0.05, 0.1) is 6.07 Å². The smallest absolute Gasteiger partial charge is 0.0912 e. The average Bonchev–Trinajstić information content (AvgIpc) is 2.28. The first-order chi connectivity index (χ1) is 7.83. The van der Waals surface area contributed by atoms with Crippen LogP contribution in [-0.2, 0) is 0 Å². The molecule has 16 heavy (non-hydrogen) atoms. The predicted octanol–water partition coefficient (Wildman–Crippen LogP) is 1.60. The fraction of sp³-hybridized carbons (Fsp3) is 0.462. The highest BCUT2D eigenvalue weighted by Gasteiger charge is 2.14. The summed E-state index contributed by atoms with van der Waals surface area (Å²) < 4.78 is 0. The summed E-state index contributed by atoms with van der Waals surface area (Å²) in [7, 11) is 0. The third-order valence-electron chi connectivity index (χ3n) is 2.55. The van der Waals surface area contributed by atoms with Gasteiger partial charge in [-0.15, -0.1) is 0 Å². The number of likely N-dealkylation sites (tertiary alicyclic amines) is 1. The number of piperidine rings is 1. The van der Waals surface area contributed by atoms with Crippen molar-refractivity contribution in [3.8, 4) is 6.07 Å². The number of hydrogen-bond acceptors (Lipinski definition) is 3. The number of nitrogens with two attached hydrogens (primary N) is 1. The molecule has 1 aliphatic rings. The molecule has 0 spiro atoms. The van der Waals surface area contributed by atoms with E-state index >= 15 is 0 Å². The van der Waals surface area contributed by atoms with Crippen LogP contribution in [0, 0.1) is 11.3 Å². The Balaban J connectivity index is 2.18. The summed E-state index contributed by atoms with van der Waals surface area (Å²) in [5, 5.41) is 8.26. The molecule has 0 amide bonds. The number of hydrogen-bond donors (Lipinski definition) is 1. The SMILES string of the molecule is N#CC=CC=CC=CCN1CCCC(N)C1. The first-order valence-electron chi connectivity index (χ1n) is 5.69. The molecule has 1 heterocycles. The molecular formula is C13H19N3. The Labute approximate surface area is 97.5 Å². The second-order valence-electron chi connectivity index (χ2n) is 3.96. The van der Waals surface area contributed by atoms with Crippen molar-refractivity contribution in [2.75, 3.05) is 19.6 Å². The van der Waals surface area contributed by atoms with E-state index in [1.807, 2.05) is 24.3 Å². The zero-order valence-electron chi connectivity index (χ0n) is 9.55. The Kier molecular flexibility index (Phi) is 6.24. The van der Waals surface area contributed by atoms with Crippen LogP contribution in [0.4, 0.5) is 0 Å². The molecule has 0 aromatic heterocycles. The van der Waals surface area contributed by atoms with Crippen molar-refractivity contribution in [3.05, 3.63) is 36.5 Å². The molecule has 1 aliphatic heterocycles. The zero-order chi connectivity index (χ0) is 11.6. The van der Waals surface area contributed by atoms with E-state index in [2.05, 4.69) is 11.0 Å². The second kappa shape index (κ2) is 7.86. The highest BCUT2D eigenvalue weighted by Crippen LogP contribution is 2.07. The van der Waals surface area contributed by atoms with E-state index in [0.717, 1.165) is 26.1 Å². The zero-order valence-corrected chi connectivity index (χ0v) is 9.55. The molecule has 1 unspecified atom stereocenters. The van der Waals surface area contributed by atoms with E-state index in [0.29, 0.717) is 6.04 Å². The summed E-state index contributed by atoms with van der Waals surface area (Å²) in [5.41, 5.74) is 5.89. The van der Waals surface area contributed by atoms with Crippen molar-refractivity contribution in [3.63, 3.8) is 0 Å². The Bertz CT molecular complexity index is 310. The van der Waals surface area contributed by atoms with E-state index in [9.17, 15) is 0 Å². The molecule has 0 saturated carbocycles. The maximum absolute atomic E-state index is 8.26. The van der Waals surface area contributed by atoms with Crippen LogP contribution in [0.1, 0.15) is 12.8 Å². The van der Waals surface area contributed by atoms with E-state index < -0.39 is 0 Å². The molecule has 86 valence electrons. The van der Waals surface area contributed by atoms with Gasteiger partial charge in [-0.2, -0.15) is 5.26 Å². The molecular weight excluding hydrogens is 198 g/mol. The summed E-state index contributed by atoms with van der Waals surface area (Å²) >= 11 is 0. The van der Waals surface area contributed by atoms with Crippen molar-refractivity contribution >= 4 is 0 Å². The van der Waals surface area contributed by atoms with Crippen molar-refractivity contribution in [1.82, 2.24) is 4.90 Å². The molecule has 0 aromatic carbocycles. The van der Waals surface area contributed by atoms with Crippen molar-refractivity contribution < 1.29 is 0 Å². The van der Waals surface area contributed by atoms with Crippen LogP contribution in [0.15, 0.2) is 36.5 Å². The minimum atomic E-state index is 0.344. The van der Waals surface area contributed by atoms with Gasteiger partial charge in [0.1, 0.15) is 0 Å². The lowest BCUT2D eigenvalue weighted by molar-refractivity contribution is 0.229.